The number of piperidine rings is 1. The fraction of sp³-hybridized carbons (Fsp3) is 0.611. The molecule has 4 N–H and O–H groups in total. The van der Waals surface area contributed by atoms with Crippen LogP contribution >= 0.6 is 0 Å². The van der Waals surface area contributed by atoms with Gasteiger partial charge in [0.1, 0.15) is 5.75 Å². The van der Waals surface area contributed by atoms with Crippen LogP contribution in [0.5, 0.6) is 5.75 Å². The van der Waals surface area contributed by atoms with Crippen molar-refractivity contribution in [3.63, 3.8) is 0 Å². The minimum atomic E-state index is -3.89. The predicted octanol–water partition coefficient (Wildman–Crippen LogP) is 0.697. The summed E-state index contributed by atoms with van der Waals surface area (Å²) in [7, 11) is -2.43. The van der Waals surface area contributed by atoms with E-state index in [0.717, 1.165) is 25.8 Å². The molecule has 3 atom stereocenters. The number of likely N-dealkylation sites (tertiary alicyclic amines) is 1. The summed E-state index contributed by atoms with van der Waals surface area (Å²) in [6.45, 7) is 4.41. The first kappa shape index (κ1) is 20.1. The van der Waals surface area contributed by atoms with Gasteiger partial charge in [-0.2, -0.15) is 0 Å². The van der Waals surface area contributed by atoms with Crippen LogP contribution in [0, 0.1) is 11.8 Å². The number of carbonyl (C=O) groups excluding carboxylic acids is 1. The molecule has 0 spiro atoms. The molecule has 0 bridgehead atoms. The van der Waals surface area contributed by atoms with Gasteiger partial charge in [0.25, 0.3) is 5.91 Å². The van der Waals surface area contributed by atoms with Gasteiger partial charge in [0, 0.05) is 25.7 Å². The molecule has 2 heterocycles. The summed E-state index contributed by atoms with van der Waals surface area (Å²) >= 11 is 0. The van der Waals surface area contributed by atoms with Crippen molar-refractivity contribution in [3.8, 4) is 5.75 Å². The smallest absolute Gasteiger partial charge is 0.257 e. The lowest BCUT2D eigenvalue weighted by molar-refractivity contribution is 0.0631. The average molecular weight is 397 g/mol. The Morgan fingerprint density at radius 2 is 2.19 bits per heavy atom. The van der Waals surface area contributed by atoms with Crippen LogP contribution < -0.4 is 20.7 Å². The summed E-state index contributed by atoms with van der Waals surface area (Å²) in [6, 6.07) is 4.47. The second-order valence-corrected chi connectivity index (χ2v) is 8.84. The van der Waals surface area contributed by atoms with Crippen LogP contribution in [-0.4, -0.2) is 52.0 Å². The van der Waals surface area contributed by atoms with E-state index in [4.69, 9.17) is 9.88 Å². The van der Waals surface area contributed by atoms with E-state index in [2.05, 4.69) is 17.8 Å². The van der Waals surface area contributed by atoms with E-state index in [1.54, 1.807) is 4.90 Å². The number of carbonyl (C=O) groups is 1. The standard InChI is InChI=1S/C18H28N4O4S/c1-3-12-10-20-21-17(12)13-5-4-8-22(11-13)18(23)15-9-14(27(19,24)25)6-7-16(15)26-2/h6-7,9,12-13,17,20-21H,3-5,8,10-11H2,1-2H3,(H2,19,24,25). The topological polar surface area (TPSA) is 114 Å². The van der Waals surface area contributed by atoms with Crippen LogP contribution in [0.2, 0.25) is 0 Å². The van der Waals surface area contributed by atoms with E-state index in [-0.39, 0.29) is 16.4 Å². The first-order valence-corrected chi connectivity index (χ1v) is 10.9. The van der Waals surface area contributed by atoms with Gasteiger partial charge >= 0.3 is 0 Å². The Hall–Kier alpha value is -1.68. The van der Waals surface area contributed by atoms with E-state index in [0.29, 0.717) is 36.7 Å². The maximum absolute atomic E-state index is 13.1. The van der Waals surface area contributed by atoms with E-state index in [1.165, 1.54) is 25.3 Å². The summed E-state index contributed by atoms with van der Waals surface area (Å²) in [5.74, 6) is 1.03. The zero-order valence-corrected chi connectivity index (χ0v) is 16.6. The first-order valence-electron chi connectivity index (χ1n) is 9.33. The van der Waals surface area contributed by atoms with Crippen molar-refractivity contribution in [2.45, 2.75) is 37.1 Å². The van der Waals surface area contributed by atoms with Gasteiger partial charge in [-0.25, -0.2) is 13.6 Å². The molecular formula is C18H28N4O4S. The molecule has 9 heteroatoms. The zero-order chi connectivity index (χ0) is 19.6. The van der Waals surface area contributed by atoms with Gasteiger partial charge in [-0.1, -0.05) is 13.3 Å². The Labute approximate surface area is 160 Å². The highest BCUT2D eigenvalue weighted by Gasteiger charge is 2.36. The molecule has 3 rings (SSSR count). The highest BCUT2D eigenvalue weighted by Crippen LogP contribution is 2.30. The number of nitrogens with zero attached hydrogens (tertiary/aromatic N) is 1. The molecular weight excluding hydrogens is 368 g/mol. The van der Waals surface area contributed by atoms with Crippen LogP contribution in [0.25, 0.3) is 0 Å². The fourth-order valence-corrected chi connectivity index (χ4v) is 4.68. The molecule has 3 unspecified atom stereocenters. The molecule has 2 fully saturated rings. The molecule has 27 heavy (non-hydrogen) atoms. The molecule has 1 amide bonds. The second kappa shape index (κ2) is 8.14. The van der Waals surface area contributed by atoms with Gasteiger partial charge in [-0.15, -0.1) is 0 Å². The summed E-state index contributed by atoms with van der Waals surface area (Å²) in [6.07, 6.45) is 3.07. The number of benzene rings is 1. The summed E-state index contributed by atoms with van der Waals surface area (Å²) in [5.41, 5.74) is 6.84. The molecule has 2 aliphatic heterocycles. The maximum atomic E-state index is 13.1. The van der Waals surface area contributed by atoms with Gasteiger partial charge in [0.15, 0.2) is 0 Å². The van der Waals surface area contributed by atoms with Crippen molar-refractivity contribution in [2.24, 2.45) is 17.0 Å². The Morgan fingerprint density at radius 1 is 1.41 bits per heavy atom. The van der Waals surface area contributed by atoms with E-state index in [9.17, 15) is 13.2 Å². The monoisotopic (exact) mass is 396 g/mol. The van der Waals surface area contributed by atoms with Crippen LogP contribution in [-0.2, 0) is 10.0 Å². The number of rotatable bonds is 5. The van der Waals surface area contributed by atoms with Crippen molar-refractivity contribution < 1.29 is 17.9 Å². The average Bonchev–Trinajstić information content (AvgIpc) is 3.15. The minimum Gasteiger partial charge on any atom is -0.496 e. The van der Waals surface area contributed by atoms with Crippen LogP contribution in [0.1, 0.15) is 36.5 Å². The van der Waals surface area contributed by atoms with E-state index < -0.39 is 10.0 Å². The van der Waals surface area contributed by atoms with Crippen molar-refractivity contribution in [1.82, 2.24) is 15.8 Å². The molecule has 0 radical (unpaired) electrons. The number of nitrogens with two attached hydrogens (primary N) is 1. The Balaban J connectivity index is 1.83. The number of ether oxygens (including phenoxy) is 1. The Morgan fingerprint density at radius 3 is 2.85 bits per heavy atom. The largest absolute Gasteiger partial charge is 0.496 e. The lowest BCUT2D eigenvalue weighted by Crippen LogP contribution is -2.48. The van der Waals surface area contributed by atoms with Crippen molar-refractivity contribution in [2.75, 3.05) is 26.7 Å². The Bertz CT molecular complexity index is 799. The van der Waals surface area contributed by atoms with E-state index in [1.807, 2.05) is 0 Å². The quantitative estimate of drug-likeness (QED) is 0.675. The number of hydrogen-bond donors (Lipinski definition) is 3. The SMILES string of the molecule is CCC1CNNC1C1CCCN(C(=O)c2cc(S(N)(=O)=O)ccc2OC)C1. The number of sulfonamides is 1. The number of primary sulfonamides is 1. The van der Waals surface area contributed by atoms with Crippen molar-refractivity contribution in [3.05, 3.63) is 23.8 Å². The number of methoxy groups -OCH3 is 1. The molecule has 1 aromatic rings. The lowest BCUT2D eigenvalue weighted by Gasteiger charge is -2.37. The summed E-state index contributed by atoms with van der Waals surface area (Å²) < 4.78 is 28.6. The molecule has 0 aliphatic carbocycles. The van der Waals surface area contributed by atoms with Crippen LogP contribution in [0.3, 0.4) is 0 Å². The third-order valence-electron chi connectivity index (χ3n) is 5.65. The van der Waals surface area contributed by atoms with Crippen LogP contribution in [0.4, 0.5) is 0 Å². The lowest BCUT2D eigenvalue weighted by atomic mass is 9.83. The van der Waals surface area contributed by atoms with Crippen molar-refractivity contribution >= 4 is 15.9 Å². The molecule has 150 valence electrons. The highest BCUT2D eigenvalue weighted by atomic mass is 32.2. The molecule has 2 saturated heterocycles. The van der Waals surface area contributed by atoms with Gasteiger partial charge < -0.3 is 9.64 Å². The highest BCUT2D eigenvalue weighted by molar-refractivity contribution is 7.89. The summed E-state index contributed by atoms with van der Waals surface area (Å²) in [5, 5.41) is 5.22. The molecule has 8 nitrogen and oxygen atoms in total. The van der Waals surface area contributed by atoms with Gasteiger partial charge in [0.05, 0.1) is 17.6 Å². The van der Waals surface area contributed by atoms with Crippen LogP contribution in [0.15, 0.2) is 23.1 Å². The zero-order valence-electron chi connectivity index (χ0n) is 15.8. The molecule has 2 aliphatic rings. The molecule has 0 saturated carbocycles. The van der Waals surface area contributed by atoms with Crippen molar-refractivity contribution in [1.29, 1.82) is 0 Å². The predicted molar refractivity (Wildman–Crippen MR) is 102 cm³/mol. The second-order valence-electron chi connectivity index (χ2n) is 7.28. The maximum Gasteiger partial charge on any atom is 0.257 e. The molecule has 0 aromatic heterocycles. The third-order valence-corrected chi connectivity index (χ3v) is 6.56. The molecule has 1 aromatic carbocycles. The number of nitrogens with one attached hydrogen (secondary N) is 2. The van der Waals surface area contributed by atoms with Gasteiger partial charge in [-0.05, 0) is 42.9 Å². The number of amides is 1. The number of hydrazine groups is 1. The van der Waals surface area contributed by atoms with Gasteiger partial charge in [0.2, 0.25) is 10.0 Å². The third kappa shape index (κ3) is 4.26. The van der Waals surface area contributed by atoms with E-state index >= 15 is 0 Å². The Kier molecular flexibility index (Phi) is 6.05. The minimum absolute atomic E-state index is 0.0899. The fourth-order valence-electron chi connectivity index (χ4n) is 4.14. The van der Waals surface area contributed by atoms with Gasteiger partial charge in [-0.3, -0.25) is 15.6 Å². The number of hydrogen-bond acceptors (Lipinski definition) is 6. The summed E-state index contributed by atoms with van der Waals surface area (Å²) in [4.78, 5) is 14.9. The normalized spacial score (nSPS) is 26.2. The first-order chi connectivity index (χ1) is 12.8.